The summed E-state index contributed by atoms with van der Waals surface area (Å²) in [5.74, 6) is 0.750. The summed E-state index contributed by atoms with van der Waals surface area (Å²) in [5.41, 5.74) is 7.47. The number of ether oxygens (including phenoxy) is 2. The van der Waals surface area contributed by atoms with Gasteiger partial charge in [-0.3, -0.25) is 4.79 Å². The molecule has 0 atom stereocenters. The van der Waals surface area contributed by atoms with Gasteiger partial charge in [0.25, 0.3) is 0 Å². The maximum atomic E-state index is 12.2. The summed E-state index contributed by atoms with van der Waals surface area (Å²) in [4.78, 5) is 12.2. The highest BCUT2D eigenvalue weighted by molar-refractivity contribution is 6.32. The van der Waals surface area contributed by atoms with Crippen LogP contribution in [0.1, 0.15) is 34.7 Å². The Morgan fingerprint density at radius 1 is 0.970 bits per heavy atom. The Balaban J connectivity index is 1.65. The quantitative estimate of drug-likeness (QED) is 0.287. The van der Waals surface area contributed by atoms with Crippen molar-refractivity contribution in [3.05, 3.63) is 92.5 Å². The predicted octanol–water partition coefficient (Wildman–Crippen LogP) is 6.28. The van der Waals surface area contributed by atoms with Crippen LogP contribution in [0.3, 0.4) is 0 Å². The van der Waals surface area contributed by atoms with Gasteiger partial charge in [0.1, 0.15) is 6.61 Å². The second kappa shape index (κ2) is 11.7. The van der Waals surface area contributed by atoms with Crippen molar-refractivity contribution in [2.24, 2.45) is 5.10 Å². The molecule has 0 saturated heterocycles. The van der Waals surface area contributed by atoms with E-state index in [2.05, 4.69) is 10.5 Å². The molecule has 0 aliphatic rings. The van der Waals surface area contributed by atoms with E-state index in [-0.39, 0.29) is 12.3 Å². The summed E-state index contributed by atoms with van der Waals surface area (Å²) >= 11 is 12.4. The first kappa shape index (κ1) is 24.6. The van der Waals surface area contributed by atoms with Gasteiger partial charge >= 0.3 is 0 Å². The third-order valence-corrected chi connectivity index (χ3v) is 5.50. The second-order valence-corrected chi connectivity index (χ2v) is 8.41. The van der Waals surface area contributed by atoms with Crippen molar-refractivity contribution in [1.29, 1.82) is 0 Å². The van der Waals surface area contributed by atoms with E-state index in [1.54, 1.807) is 24.3 Å². The molecule has 0 fully saturated rings. The fraction of sp³-hybridized carbons (Fsp3) is 0.231. The smallest absolute Gasteiger partial charge is 0.244 e. The summed E-state index contributed by atoms with van der Waals surface area (Å²) in [6.07, 6.45) is 1.77. The molecule has 5 nitrogen and oxygen atoms in total. The van der Waals surface area contributed by atoms with E-state index in [9.17, 15) is 4.79 Å². The Kier molecular flexibility index (Phi) is 8.75. The number of aryl methyl sites for hydroxylation is 2. The van der Waals surface area contributed by atoms with Gasteiger partial charge in [-0.1, -0.05) is 53.5 Å². The maximum Gasteiger partial charge on any atom is 0.244 e. The highest BCUT2D eigenvalue weighted by Gasteiger charge is 2.13. The molecule has 0 bridgehead atoms. The van der Waals surface area contributed by atoms with E-state index in [0.29, 0.717) is 40.3 Å². The van der Waals surface area contributed by atoms with E-state index < -0.39 is 0 Å². The first-order valence-electron chi connectivity index (χ1n) is 10.6. The molecule has 0 unspecified atom stereocenters. The molecule has 33 heavy (non-hydrogen) atoms. The lowest BCUT2D eigenvalue weighted by Gasteiger charge is -2.14. The van der Waals surface area contributed by atoms with E-state index in [1.165, 1.54) is 11.8 Å². The van der Waals surface area contributed by atoms with E-state index in [4.69, 9.17) is 32.7 Å². The van der Waals surface area contributed by atoms with Crippen molar-refractivity contribution in [2.45, 2.75) is 33.8 Å². The van der Waals surface area contributed by atoms with Crippen LogP contribution in [0.25, 0.3) is 0 Å². The zero-order chi connectivity index (χ0) is 23.8. The Labute approximate surface area is 204 Å². The van der Waals surface area contributed by atoms with Crippen LogP contribution in [0.2, 0.25) is 10.0 Å². The standard InChI is InChI=1S/C26H26Cl2N2O3/c1-4-32-24-13-21(12-23(28)26(24)33-16-19-7-9-22(27)10-8-19)15-29-30-25(31)14-20-6-5-17(2)18(3)11-20/h5-13,15H,4,14,16H2,1-3H3,(H,30,31)/b29-15+. The predicted molar refractivity (Wildman–Crippen MR) is 134 cm³/mol. The lowest BCUT2D eigenvalue weighted by atomic mass is 10.0. The SMILES string of the molecule is CCOc1cc(/C=N/NC(=O)Cc2ccc(C)c(C)c2)cc(Cl)c1OCc1ccc(Cl)cc1. The van der Waals surface area contributed by atoms with Gasteiger partial charge < -0.3 is 9.47 Å². The van der Waals surface area contributed by atoms with Crippen molar-refractivity contribution in [1.82, 2.24) is 5.43 Å². The van der Waals surface area contributed by atoms with Gasteiger partial charge in [-0.15, -0.1) is 0 Å². The summed E-state index contributed by atoms with van der Waals surface area (Å²) in [6, 6.07) is 16.8. The molecule has 0 aromatic heterocycles. The molecular formula is C26H26Cl2N2O3. The Hall–Kier alpha value is -3.02. The number of hydrogen-bond donors (Lipinski definition) is 1. The summed E-state index contributed by atoms with van der Waals surface area (Å²) < 4.78 is 11.6. The Morgan fingerprint density at radius 3 is 2.39 bits per heavy atom. The zero-order valence-electron chi connectivity index (χ0n) is 18.8. The molecule has 3 aromatic carbocycles. The molecule has 3 aromatic rings. The summed E-state index contributed by atoms with van der Waals surface area (Å²) in [6.45, 7) is 6.71. The molecule has 0 radical (unpaired) electrons. The van der Waals surface area contributed by atoms with Crippen LogP contribution in [-0.2, 0) is 17.8 Å². The van der Waals surface area contributed by atoms with E-state index >= 15 is 0 Å². The van der Waals surface area contributed by atoms with Crippen molar-refractivity contribution in [3.63, 3.8) is 0 Å². The van der Waals surface area contributed by atoms with Gasteiger partial charge in [0.15, 0.2) is 11.5 Å². The molecule has 0 aliphatic heterocycles. The summed E-state index contributed by atoms with van der Waals surface area (Å²) in [5, 5.41) is 5.11. The molecule has 1 N–H and O–H groups in total. The molecule has 7 heteroatoms. The first-order valence-corrected chi connectivity index (χ1v) is 11.3. The van der Waals surface area contributed by atoms with Crippen LogP contribution >= 0.6 is 23.2 Å². The molecule has 0 saturated carbocycles. The number of carbonyl (C=O) groups excluding carboxylic acids is 1. The first-order chi connectivity index (χ1) is 15.9. The zero-order valence-corrected chi connectivity index (χ0v) is 20.3. The number of carbonyl (C=O) groups is 1. The lowest BCUT2D eigenvalue weighted by molar-refractivity contribution is -0.120. The van der Waals surface area contributed by atoms with Gasteiger partial charge in [-0.05, 0) is 72.9 Å². The van der Waals surface area contributed by atoms with Crippen molar-refractivity contribution < 1.29 is 14.3 Å². The number of nitrogens with zero attached hydrogens (tertiary/aromatic N) is 1. The molecule has 0 aliphatic carbocycles. The average molecular weight is 485 g/mol. The van der Waals surface area contributed by atoms with Gasteiger partial charge in [0.2, 0.25) is 5.91 Å². The molecule has 3 rings (SSSR count). The van der Waals surface area contributed by atoms with Crippen molar-refractivity contribution in [2.75, 3.05) is 6.61 Å². The maximum absolute atomic E-state index is 12.2. The minimum atomic E-state index is -0.200. The molecule has 0 heterocycles. The van der Waals surface area contributed by atoms with Crippen molar-refractivity contribution >= 4 is 35.3 Å². The number of benzene rings is 3. The number of rotatable bonds is 9. The average Bonchev–Trinajstić information content (AvgIpc) is 2.77. The number of hydrogen-bond acceptors (Lipinski definition) is 4. The van der Waals surface area contributed by atoms with E-state index in [0.717, 1.165) is 16.7 Å². The number of hydrazone groups is 1. The monoisotopic (exact) mass is 484 g/mol. The topological polar surface area (TPSA) is 59.9 Å². The number of amides is 1. The fourth-order valence-electron chi connectivity index (χ4n) is 3.12. The van der Waals surface area contributed by atoms with Crippen LogP contribution < -0.4 is 14.9 Å². The van der Waals surface area contributed by atoms with Gasteiger partial charge in [0, 0.05) is 5.02 Å². The number of nitrogens with one attached hydrogen (secondary N) is 1. The highest BCUT2D eigenvalue weighted by atomic mass is 35.5. The minimum Gasteiger partial charge on any atom is -0.490 e. The van der Waals surface area contributed by atoms with Gasteiger partial charge in [-0.2, -0.15) is 5.10 Å². The van der Waals surface area contributed by atoms with Gasteiger partial charge in [-0.25, -0.2) is 5.43 Å². The molecule has 1 amide bonds. The highest BCUT2D eigenvalue weighted by Crippen LogP contribution is 2.37. The van der Waals surface area contributed by atoms with Crippen molar-refractivity contribution in [3.8, 4) is 11.5 Å². The van der Waals surface area contributed by atoms with Crippen LogP contribution in [0.5, 0.6) is 11.5 Å². The molecule has 0 spiro atoms. The Bertz CT molecular complexity index is 1150. The van der Waals surface area contributed by atoms with Crippen LogP contribution in [0.15, 0.2) is 59.7 Å². The Morgan fingerprint density at radius 2 is 1.70 bits per heavy atom. The third-order valence-electron chi connectivity index (χ3n) is 4.97. The lowest BCUT2D eigenvalue weighted by Crippen LogP contribution is -2.19. The normalized spacial score (nSPS) is 10.9. The molecular weight excluding hydrogens is 459 g/mol. The number of halogens is 2. The summed E-state index contributed by atoms with van der Waals surface area (Å²) in [7, 11) is 0. The fourth-order valence-corrected chi connectivity index (χ4v) is 3.52. The van der Waals surface area contributed by atoms with Crippen LogP contribution in [-0.4, -0.2) is 18.7 Å². The largest absolute Gasteiger partial charge is 0.490 e. The third kappa shape index (κ3) is 7.24. The van der Waals surface area contributed by atoms with Crippen LogP contribution in [0, 0.1) is 13.8 Å². The van der Waals surface area contributed by atoms with Gasteiger partial charge in [0.05, 0.1) is 24.3 Å². The molecule has 172 valence electrons. The second-order valence-electron chi connectivity index (χ2n) is 7.57. The van der Waals surface area contributed by atoms with E-state index in [1.807, 2.05) is 51.1 Å². The van der Waals surface area contributed by atoms with Crippen LogP contribution in [0.4, 0.5) is 0 Å². The minimum absolute atomic E-state index is 0.200.